The van der Waals surface area contributed by atoms with E-state index in [0.29, 0.717) is 6.54 Å². The van der Waals surface area contributed by atoms with Crippen LogP contribution in [0, 0.1) is 5.82 Å². The molecule has 1 aromatic heterocycles. The van der Waals surface area contributed by atoms with Crippen molar-refractivity contribution in [3.05, 3.63) is 71.3 Å². The number of aromatic nitrogens is 4. The van der Waals surface area contributed by atoms with Crippen LogP contribution in [0.4, 0.5) is 4.39 Å². The fourth-order valence-corrected chi connectivity index (χ4v) is 3.54. The Bertz CT molecular complexity index is 909. The molecule has 0 saturated carbocycles. The molecule has 1 saturated heterocycles. The van der Waals surface area contributed by atoms with Crippen LogP contribution in [0.1, 0.15) is 23.0 Å². The number of halogens is 2. The molecule has 4 rings (SSSR count). The molecule has 1 aliphatic heterocycles. The highest BCUT2D eigenvalue weighted by Gasteiger charge is 2.30. The third-order valence-corrected chi connectivity index (χ3v) is 5.16. The van der Waals surface area contributed by atoms with Gasteiger partial charge in [0.05, 0.1) is 12.6 Å². The largest absolute Gasteiger partial charge is 0.508 e. The summed E-state index contributed by atoms with van der Waals surface area (Å²) < 4.78 is 15.0. The molecule has 1 unspecified atom stereocenters. The third-order valence-electron chi connectivity index (χ3n) is 5.16. The molecule has 2 aromatic carbocycles. The minimum atomic E-state index is -0.264. The first-order valence-corrected chi connectivity index (χ1v) is 9.32. The van der Waals surface area contributed by atoms with E-state index in [9.17, 15) is 9.50 Å². The van der Waals surface area contributed by atoms with E-state index in [1.165, 1.54) is 12.1 Å². The summed E-state index contributed by atoms with van der Waals surface area (Å²) in [5, 5.41) is 22.1. The molecule has 1 fully saturated rings. The SMILES string of the molecule is CN1CCN(C(c2ccc(O)cc2)c2nnnn2Cc2ccc(F)cc2)CC1.Cl. The first kappa shape index (κ1) is 21.2. The van der Waals surface area contributed by atoms with Crippen LogP contribution < -0.4 is 0 Å². The van der Waals surface area contributed by atoms with Crippen molar-refractivity contribution in [1.82, 2.24) is 30.0 Å². The average molecular weight is 419 g/mol. The molecule has 0 amide bonds. The number of hydrogen-bond acceptors (Lipinski definition) is 6. The lowest BCUT2D eigenvalue weighted by molar-refractivity contribution is 0.121. The summed E-state index contributed by atoms with van der Waals surface area (Å²) in [5.41, 5.74) is 1.95. The van der Waals surface area contributed by atoms with Crippen LogP contribution in [-0.2, 0) is 6.54 Å². The molecule has 1 atom stereocenters. The predicted octanol–water partition coefficient (Wildman–Crippen LogP) is 2.32. The monoisotopic (exact) mass is 418 g/mol. The van der Waals surface area contributed by atoms with Crippen molar-refractivity contribution in [2.75, 3.05) is 33.2 Å². The predicted molar refractivity (Wildman–Crippen MR) is 110 cm³/mol. The van der Waals surface area contributed by atoms with E-state index in [1.807, 2.05) is 12.1 Å². The molecule has 0 spiro atoms. The van der Waals surface area contributed by atoms with Crippen molar-refractivity contribution in [1.29, 1.82) is 0 Å². The van der Waals surface area contributed by atoms with Gasteiger partial charge in [0.15, 0.2) is 5.82 Å². The Morgan fingerprint density at radius 2 is 1.66 bits per heavy atom. The van der Waals surface area contributed by atoms with Gasteiger partial charge in [-0.1, -0.05) is 24.3 Å². The molecule has 9 heteroatoms. The van der Waals surface area contributed by atoms with Gasteiger partial charge in [0.1, 0.15) is 11.6 Å². The summed E-state index contributed by atoms with van der Waals surface area (Å²) in [5.74, 6) is 0.700. The molecule has 0 bridgehead atoms. The highest BCUT2D eigenvalue weighted by molar-refractivity contribution is 5.85. The van der Waals surface area contributed by atoms with E-state index >= 15 is 0 Å². The van der Waals surface area contributed by atoms with Gasteiger partial charge in [-0.3, -0.25) is 4.90 Å². The Balaban J connectivity index is 0.00000240. The van der Waals surface area contributed by atoms with Crippen molar-refractivity contribution in [2.45, 2.75) is 12.6 Å². The molecule has 0 radical (unpaired) electrons. The standard InChI is InChI=1S/C20H23FN6O.ClH/c1-25-10-12-26(13-11-25)19(16-4-8-18(28)9-5-16)20-22-23-24-27(20)14-15-2-6-17(21)7-3-15;/h2-9,19,28H,10-14H2,1H3;1H. The van der Waals surface area contributed by atoms with Crippen molar-refractivity contribution in [2.24, 2.45) is 0 Å². The lowest BCUT2D eigenvalue weighted by atomic mass is 10.0. The number of piperazine rings is 1. The van der Waals surface area contributed by atoms with Gasteiger partial charge in [0, 0.05) is 26.2 Å². The highest BCUT2D eigenvalue weighted by atomic mass is 35.5. The molecule has 2 heterocycles. The number of rotatable bonds is 5. The summed E-state index contributed by atoms with van der Waals surface area (Å²) in [6, 6.07) is 13.4. The number of phenolic OH excluding ortho intramolecular Hbond substituents is 1. The lowest BCUT2D eigenvalue weighted by Gasteiger charge is -2.37. The molecule has 1 aliphatic rings. The number of benzene rings is 2. The molecule has 3 aromatic rings. The molecule has 154 valence electrons. The van der Waals surface area contributed by atoms with Gasteiger partial charge in [-0.25, -0.2) is 9.07 Å². The van der Waals surface area contributed by atoms with Gasteiger partial charge in [0.2, 0.25) is 0 Å². The van der Waals surface area contributed by atoms with E-state index in [1.54, 1.807) is 28.9 Å². The first-order valence-electron chi connectivity index (χ1n) is 9.32. The fraction of sp³-hybridized carbons (Fsp3) is 0.350. The van der Waals surface area contributed by atoms with Crippen LogP contribution in [0.25, 0.3) is 0 Å². The second kappa shape index (κ2) is 9.30. The maximum Gasteiger partial charge on any atom is 0.173 e. The van der Waals surface area contributed by atoms with Crippen molar-refractivity contribution < 1.29 is 9.50 Å². The van der Waals surface area contributed by atoms with Crippen LogP contribution in [0.3, 0.4) is 0 Å². The summed E-state index contributed by atoms with van der Waals surface area (Å²) in [6.45, 7) is 4.18. The normalized spacial score (nSPS) is 16.3. The van der Waals surface area contributed by atoms with E-state index in [-0.39, 0.29) is 30.0 Å². The Hall–Kier alpha value is -2.55. The molecular formula is C20H24ClFN6O. The second-order valence-electron chi connectivity index (χ2n) is 7.15. The number of nitrogens with zero attached hydrogens (tertiary/aromatic N) is 6. The summed E-state index contributed by atoms with van der Waals surface area (Å²) in [6.07, 6.45) is 0. The zero-order valence-corrected chi connectivity index (χ0v) is 17.0. The molecule has 0 aliphatic carbocycles. The first-order chi connectivity index (χ1) is 13.6. The molecular weight excluding hydrogens is 395 g/mol. The van der Waals surface area contributed by atoms with Gasteiger partial charge in [-0.05, 0) is 52.9 Å². The van der Waals surface area contributed by atoms with Crippen LogP contribution in [0.5, 0.6) is 5.75 Å². The minimum Gasteiger partial charge on any atom is -0.508 e. The second-order valence-corrected chi connectivity index (χ2v) is 7.15. The van der Waals surface area contributed by atoms with Crippen molar-refractivity contribution in [3.8, 4) is 5.75 Å². The zero-order valence-electron chi connectivity index (χ0n) is 16.1. The molecule has 7 nitrogen and oxygen atoms in total. The highest BCUT2D eigenvalue weighted by Crippen LogP contribution is 2.29. The lowest BCUT2D eigenvalue weighted by Crippen LogP contribution is -2.46. The average Bonchev–Trinajstić information content (AvgIpc) is 3.14. The van der Waals surface area contributed by atoms with E-state index in [4.69, 9.17) is 0 Å². The molecule has 29 heavy (non-hydrogen) atoms. The van der Waals surface area contributed by atoms with Crippen molar-refractivity contribution in [3.63, 3.8) is 0 Å². The van der Waals surface area contributed by atoms with E-state index < -0.39 is 0 Å². The van der Waals surface area contributed by atoms with Gasteiger partial charge >= 0.3 is 0 Å². The Morgan fingerprint density at radius 1 is 1.00 bits per heavy atom. The molecule has 1 N–H and O–H groups in total. The summed E-state index contributed by atoms with van der Waals surface area (Å²) in [4.78, 5) is 4.66. The quantitative estimate of drug-likeness (QED) is 0.685. The Morgan fingerprint density at radius 3 is 2.31 bits per heavy atom. The van der Waals surface area contributed by atoms with Gasteiger partial charge in [-0.15, -0.1) is 17.5 Å². The van der Waals surface area contributed by atoms with Crippen LogP contribution in [-0.4, -0.2) is 68.3 Å². The summed E-state index contributed by atoms with van der Waals surface area (Å²) >= 11 is 0. The number of tetrazole rings is 1. The number of phenols is 1. The minimum absolute atomic E-state index is 0. The van der Waals surface area contributed by atoms with Crippen LogP contribution in [0.2, 0.25) is 0 Å². The van der Waals surface area contributed by atoms with Gasteiger partial charge in [0.25, 0.3) is 0 Å². The fourth-order valence-electron chi connectivity index (χ4n) is 3.54. The van der Waals surface area contributed by atoms with E-state index in [2.05, 4.69) is 32.4 Å². The smallest absolute Gasteiger partial charge is 0.173 e. The zero-order chi connectivity index (χ0) is 19.5. The van der Waals surface area contributed by atoms with Crippen molar-refractivity contribution >= 4 is 12.4 Å². The Kier molecular flexibility index (Phi) is 6.79. The number of hydrogen-bond donors (Lipinski definition) is 1. The number of likely N-dealkylation sites (N-methyl/N-ethyl adjacent to an activating group) is 1. The Labute approximate surface area is 175 Å². The third kappa shape index (κ3) is 4.90. The van der Waals surface area contributed by atoms with Crippen LogP contribution in [0.15, 0.2) is 48.5 Å². The maximum atomic E-state index is 13.2. The summed E-state index contributed by atoms with van der Waals surface area (Å²) in [7, 11) is 2.12. The van der Waals surface area contributed by atoms with Gasteiger partial charge < -0.3 is 10.0 Å². The van der Waals surface area contributed by atoms with Gasteiger partial charge in [-0.2, -0.15) is 0 Å². The number of aromatic hydroxyl groups is 1. The van der Waals surface area contributed by atoms with Crippen LogP contribution >= 0.6 is 12.4 Å². The van der Waals surface area contributed by atoms with E-state index in [0.717, 1.165) is 43.1 Å². The maximum absolute atomic E-state index is 13.2. The topological polar surface area (TPSA) is 70.3 Å².